The molecule has 146 valence electrons. The van der Waals surface area contributed by atoms with Crippen LogP contribution in [-0.4, -0.2) is 19.0 Å². The molecular formula is C22H29O4P. The highest BCUT2D eigenvalue weighted by molar-refractivity contribution is 7.54. The van der Waals surface area contributed by atoms with Gasteiger partial charge in [0.2, 0.25) is 0 Å². The van der Waals surface area contributed by atoms with Crippen molar-refractivity contribution < 1.29 is 18.4 Å². The molecule has 5 heteroatoms. The van der Waals surface area contributed by atoms with Crippen LogP contribution in [0.5, 0.6) is 0 Å². The maximum absolute atomic E-state index is 13.6. The Morgan fingerprint density at radius 2 is 1.44 bits per heavy atom. The molecule has 0 aliphatic rings. The quantitative estimate of drug-likeness (QED) is 0.379. The molecule has 2 rings (SSSR count). The van der Waals surface area contributed by atoms with Crippen molar-refractivity contribution in [3.05, 3.63) is 70.3 Å². The first-order valence-corrected chi connectivity index (χ1v) is 11.0. The summed E-state index contributed by atoms with van der Waals surface area (Å²) >= 11 is 0. The van der Waals surface area contributed by atoms with Crippen molar-refractivity contribution in [3.8, 4) is 0 Å². The van der Waals surface area contributed by atoms with E-state index in [1.165, 1.54) is 0 Å². The first kappa shape index (κ1) is 21.6. The summed E-state index contributed by atoms with van der Waals surface area (Å²) in [5.74, 6) is -0.0673. The second-order valence-corrected chi connectivity index (χ2v) is 8.91. The van der Waals surface area contributed by atoms with Gasteiger partial charge in [0.1, 0.15) is 0 Å². The number of Topliss-reactive ketones (excluding diaryl/α,β-unsaturated/α-hetero) is 1. The zero-order valence-electron chi connectivity index (χ0n) is 16.8. The fourth-order valence-corrected chi connectivity index (χ4v) is 5.60. The molecule has 0 aliphatic heterocycles. The molecule has 0 saturated heterocycles. The van der Waals surface area contributed by atoms with Gasteiger partial charge in [-0.3, -0.25) is 9.36 Å². The third kappa shape index (κ3) is 5.16. The monoisotopic (exact) mass is 388 g/mol. The van der Waals surface area contributed by atoms with Crippen LogP contribution in [0.1, 0.15) is 58.5 Å². The summed E-state index contributed by atoms with van der Waals surface area (Å²) in [6, 6.07) is 13.3. The molecule has 0 aliphatic carbocycles. The molecule has 0 aromatic heterocycles. The highest BCUT2D eigenvalue weighted by atomic mass is 31.2. The normalized spacial score (nSPS) is 12.8. The van der Waals surface area contributed by atoms with E-state index in [1.807, 2.05) is 63.2 Å². The summed E-state index contributed by atoms with van der Waals surface area (Å²) in [5.41, 5.74) is 3.91. The van der Waals surface area contributed by atoms with E-state index in [0.717, 1.165) is 22.3 Å². The molecule has 0 radical (unpaired) electrons. The van der Waals surface area contributed by atoms with Gasteiger partial charge >= 0.3 is 7.60 Å². The molecule has 2 aromatic rings. The molecule has 0 bridgehead atoms. The van der Waals surface area contributed by atoms with Crippen LogP contribution in [0.2, 0.25) is 0 Å². The van der Waals surface area contributed by atoms with E-state index in [2.05, 4.69) is 0 Å². The Morgan fingerprint density at radius 3 is 1.93 bits per heavy atom. The third-order valence-electron chi connectivity index (χ3n) is 4.63. The van der Waals surface area contributed by atoms with E-state index in [4.69, 9.17) is 9.05 Å². The van der Waals surface area contributed by atoms with Crippen LogP contribution >= 0.6 is 7.60 Å². The molecule has 0 unspecified atom stereocenters. The largest absolute Gasteiger partial charge is 0.338 e. The van der Waals surface area contributed by atoms with Crippen LogP contribution in [0, 0.1) is 20.8 Å². The lowest BCUT2D eigenvalue weighted by Crippen LogP contribution is -2.14. The summed E-state index contributed by atoms with van der Waals surface area (Å²) in [6.45, 7) is 10.0. The van der Waals surface area contributed by atoms with Crippen LogP contribution in [0.4, 0.5) is 0 Å². The maximum Gasteiger partial charge on any atom is 0.338 e. The first-order valence-electron chi connectivity index (χ1n) is 9.37. The van der Waals surface area contributed by atoms with Crippen molar-refractivity contribution in [3.63, 3.8) is 0 Å². The van der Waals surface area contributed by atoms with Crippen LogP contribution in [-0.2, 0) is 13.6 Å². The number of ketones is 1. The van der Waals surface area contributed by atoms with E-state index in [9.17, 15) is 9.36 Å². The highest BCUT2D eigenvalue weighted by Gasteiger charge is 2.39. The average Bonchev–Trinajstić information content (AvgIpc) is 2.61. The lowest BCUT2D eigenvalue weighted by atomic mass is 9.95. The van der Waals surface area contributed by atoms with Gasteiger partial charge in [0.05, 0.1) is 18.9 Å². The minimum atomic E-state index is -3.51. The van der Waals surface area contributed by atoms with Crippen molar-refractivity contribution in [2.24, 2.45) is 0 Å². The van der Waals surface area contributed by atoms with Gasteiger partial charge in [-0.05, 0) is 51.3 Å². The lowest BCUT2D eigenvalue weighted by Gasteiger charge is -2.28. The van der Waals surface area contributed by atoms with Gasteiger partial charge in [-0.15, -0.1) is 0 Å². The Balaban J connectivity index is 2.50. The number of hydrogen-bond acceptors (Lipinski definition) is 4. The molecule has 27 heavy (non-hydrogen) atoms. The standard InChI is InChI=1S/C22H29O4P/c1-6-25-27(24,26-7-2)21(22-17(4)9-8-10-18(22)5)15-20(23)19-13-11-16(3)12-14-19/h8-14,21H,6-7,15H2,1-5H3/t21-/m0/s1. The Hall–Kier alpha value is -1.74. The first-order chi connectivity index (χ1) is 12.8. The molecule has 1 atom stereocenters. The van der Waals surface area contributed by atoms with Crippen LogP contribution in [0.15, 0.2) is 42.5 Å². The maximum atomic E-state index is 13.6. The van der Waals surface area contributed by atoms with Crippen LogP contribution in [0.3, 0.4) is 0 Å². The highest BCUT2D eigenvalue weighted by Crippen LogP contribution is 2.63. The molecule has 0 amide bonds. The predicted octanol–water partition coefficient (Wildman–Crippen LogP) is 6.19. The zero-order valence-corrected chi connectivity index (χ0v) is 17.7. The molecule has 0 heterocycles. The minimum Gasteiger partial charge on any atom is -0.308 e. The van der Waals surface area contributed by atoms with Gasteiger partial charge in [0.15, 0.2) is 5.78 Å². The number of carbonyl (C=O) groups is 1. The van der Waals surface area contributed by atoms with Gasteiger partial charge in [0.25, 0.3) is 0 Å². The second-order valence-electron chi connectivity index (χ2n) is 6.69. The minimum absolute atomic E-state index is 0.0673. The van der Waals surface area contributed by atoms with Crippen molar-refractivity contribution in [2.75, 3.05) is 13.2 Å². The topological polar surface area (TPSA) is 52.6 Å². The summed E-state index contributed by atoms with van der Waals surface area (Å²) in [4.78, 5) is 13.0. The molecule has 0 saturated carbocycles. The summed E-state index contributed by atoms with van der Waals surface area (Å²) < 4.78 is 24.9. The van der Waals surface area contributed by atoms with Gasteiger partial charge in [-0.1, -0.05) is 48.0 Å². The van der Waals surface area contributed by atoms with Crippen molar-refractivity contribution in [1.82, 2.24) is 0 Å². The van der Waals surface area contributed by atoms with Gasteiger partial charge < -0.3 is 9.05 Å². The molecule has 0 fully saturated rings. The molecule has 2 aromatic carbocycles. The van der Waals surface area contributed by atoms with Gasteiger partial charge in [-0.25, -0.2) is 0 Å². The summed E-state index contributed by atoms with van der Waals surface area (Å²) in [5, 5.41) is 0. The molecule has 0 spiro atoms. The fourth-order valence-electron chi connectivity index (χ4n) is 3.33. The van der Waals surface area contributed by atoms with Crippen LogP contribution < -0.4 is 0 Å². The Morgan fingerprint density at radius 1 is 0.926 bits per heavy atom. The molecule has 0 N–H and O–H groups in total. The van der Waals surface area contributed by atoms with Gasteiger partial charge in [0, 0.05) is 12.0 Å². The number of carbonyl (C=O) groups excluding carboxylic acids is 1. The summed E-state index contributed by atoms with van der Waals surface area (Å²) in [7, 11) is -3.51. The molecular weight excluding hydrogens is 359 g/mol. The Kier molecular flexibility index (Phi) is 7.55. The van der Waals surface area contributed by atoms with Crippen LogP contribution in [0.25, 0.3) is 0 Å². The smallest absolute Gasteiger partial charge is 0.308 e. The lowest BCUT2D eigenvalue weighted by molar-refractivity contribution is 0.0973. The van der Waals surface area contributed by atoms with Crippen molar-refractivity contribution in [1.29, 1.82) is 0 Å². The van der Waals surface area contributed by atoms with E-state index in [-0.39, 0.29) is 25.4 Å². The molecule has 4 nitrogen and oxygen atoms in total. The van der Waals surface area contributed by atoms with Gasteiger partial charge in [-0.2, -0.15) is 0 Å². The second kappa shape index (κ2) is 9.45. The summed E-state index contributed by atoms with van der Waals surface area (Å²) in [6.07, 6.45) is 0.0754. The van der Waals surface area contributed by atoms with Crippen molar-refractivity contribution in [2.45, 2.75) is 46.7 Å². The fraction of sp³-hybridized carbons (Fsp3) is 0.409. The van der Waals surface area contributed by atoms with E-state index in [1.54, 1.807) is 13.8 Å². The van der Waals surface area contributed by atoms with Crippen molar-refractivity contribution >= 4 is 13.4 Å². The van der Waals surface area contributed by atoms with E-state index < -0.39 is 13.3 Å². The number of hydrogen-bond donors (Lipinski definition) is 0. The zero-order chi connectivity index (χ0) is 20.0. The van der Waals surface area contributed by atoms with E-state index >= 15 is 0 Å². The average molecular weight is 388 g/mol. The number of aryl methyl sites for hydroxylation is 3. The Bertz CT molecular complexity index is 796. The SMILES string of the molecule is CCOP(=O)(OCC)[C@@H](CC(=O)c1ccc(C)cc1)c1c(C)cccc1C. The number of benzene rings is 2. The van der Waals surface area contributed by atoms with E-state index in [0.29, 0.717) is 5.56 Å². The predicted molar refractivity (Wildman–Crippen MR) is 110 cm³/mol. The number of rotatable bonds is 9. The third-order valence-corrected chi connectivity index (χ3v) is 7.07. The Labute approximate surface area is 162 Å².